The van der Waals surface area contributed by atoms with Gasteiger partial charge in [-0.05, 0) is 6.07 Å². The molecule has 1 amide bonds. The topological polar surface area (TPSA) is 86.5 Å². The lowest BCUT2D eigenvalue weighted by molar-refractivity contribution is -0.118. The molecule has 0 fully saturated rings. The van der Waals surface area contributed by atoms with E-state index in [9.17, 15) is 22.0 Å². The third-order valence-electron chi connectivity index (χ3n) is 1.83. The molecule has 0 aliphatic rings. The number of nitrogens with two attached hydrogens (primary N) is 1. The fraction of sp³-hybridized carbons (Fsp3) is 0.222. The van der Waals surface area contributed by atoms with Gasteiger partial charge in [-0.15, -0.1) is 0 Å². The van der Waals surface area contributed by atoms with Crippen LogP contribution in [0.15, 0.2) is 17.0 Å². The van der Waals surface area contributed by atoms with Gasteiger partial charge >= 0.3 is 0 Å². The molecule has 18 heavy (non-hydrogen) atoms. The second kappa shape index (κ2) is 5.49. The molecule has 9 heteroatoms. The zero-order valence-corrected chi connectivity index (χ0v) is 10.4. The van der Waals surface area contributed by atoms with E-state index in [2.05, 4.69) is 0 Å². The largest absolute Gasteiger partial charge is 0.489 e. The number of rotatable bonds is 5. The van der Waals surface area contributed by atoms with Gasteiger partial charge in [0.1, 0.15) is 10.7 Å². The van der Waals surface area contributed by atoms with Crippen molar-refractivity contribution in [2.75, 3.05) is 6.61 Å². The fourth-order valence-electron chi connectivity index (χ4n) is 1.11. The Morgan fingerprint density at radius 3 is 2.50 bits per heavy atom. The summed E-state index contributed by atoms with van der Waals surface area (Å²) >= 11 is 0. The van der Waals surface area contributed by atoms with Gasteiger partial charge in [-0.1, -0.05) is 0 Å². The lowest BCUT2D eigenvalue weighted by atomic mass is 10.3. The van der Waals surface area contributed by atoms with Crippen molar-refractivity contribution in [1.82, 2.24) is 0 Å². The summed E-state index contributed by atoms with van der Waals surface area (Å²) in [6.07, 6.45) is -0.251. The van der Waals surface area contributed by atoms with Crippen LogP contribution in [0.25, 0.3) is 0 Å². The van der Waals surface area contributed by atoms with E-state index < -0.39 is 37.2 Å². The van der Waals surface area contributed by atoms with E-state index in [1.54, 1.807) is 0 Å². The molecule has 1 aromatic carbocycles. The molecule has 2 N–H and O–H groups in total. The van der Waals surface area contributed by atoms with Crippen molar-refractivity contribution in [1.29, 1.82) is 0 Å². The van der Waals surface area contributed by atoms with E-state index in [1.807, 2.05) is 0 Å². The van der Waals surface area contributed by atoms with E-state index in [0.29, 0.717) is 12.1 Å². The minimum atomic E-state index is -4.38. The van der Waals surface area contributed by atoms with Crippen LogP contribution < -0.4 is 10.5 Å². The first-order valence-electron chi connectivity index (χ1n) is 4.56. The Labute approximate surface area is 106 Å². The molecule has 0 aliphatic heterocycles. The summed E-state index contributed by atoms with van der Waals surface area (Å²) < 4.78 is 53.2. The van der Waals surface area contributed by atoms with E-state index in [0.717, 1.165) is 0 Å². The molecular formula is C9H8ClF2NO4S. The molecule has 0 bridgehead atoms. The van der Waals surface area contributed by atoms with Crippen LogP contribution in [0.4, 0.5) is 8.78 Å². The standard InChI is InChI=1S/C9H8ClF2NO4S/c10-18(15,16)7-4-5(11)3-6(12)9(7)17-2-1-8(13)14/h3-4H,1-2H2,(H2,13,14). The molecule has 100 valence electrons. The number of hydrogen-bond donors (Lipinski definition) is 1. The van der Waals surface area contributed by atoms with Crippen molar-refractivity contribution in [2.24, 2.45) is 5.73 Å². The number of halogens is 3. The predicted octanol–water partition coefficient (Wildman–Crippen LogP) is 1.15. The second-order valence-electron chi connectivity index (χ2n) is 3.22. The quantitative estimate of drug-likeness (QED) is 0.826. The molecule has 0 spiro atoms. The van der Waals surface area contributed by atoms with Gasteiger partial charge in [0, 0.05) is 16.7 Å². The summed E-state index contributed by atoms with van der Waals surface area (Å²) in [4.78, 5) is 9.61. The van der Waals surface area contributed by atoms with Gasteiger partial charge in [0.2, 0.25) is 5.91 Å². The van der Waals surface area contributed by atoms with Crippen molar-refractivity contribution < 1.29 is 26.7 Å². The Bertz CT molecular complexity index is 576. The van der Waals surface area contributed by atoms with Crippen LogP contribution in [-0.2, 0) is 13.8 Å². The highest BCUT2D eigenvalue weighted by Crippen LogP contribution is 2.30. The Kier molecular flexibility index (Phi) is 4.47. The highest BCUT2D eigenvalue weighted by atomic mass is 35.7. The molecule has 0 atom stereocenters. The Balaban J connectivity index is 3.13. The monoisotopic (exact) mass is 299 g/mol. The minimum absolute atomic E-state index is 0.251. The van der Waals surface area contributed by atoms with Gasteiger partial charge < -0.3 is 10.5 Å². The smallest absolute Gasteiger partial charge is 0.265 e. The summed E-state index contributed by atoms with van der Waals surface area (Å²) in [6.45, 7) is -0.350. The molecule has 0 radical (unpaired) electrons. The van der Waals surface area contributed by atoms with Gasteiger partial charge in [0.25, 0.3) is 9.05 Å². The maximum atomic E-state index is 13.4. The van der Waals surface area contributed by atoms with Crippen LogP contribution in [0.1, 0.15) is 6.42 Å². The molecule has 5 nitrogen and oxygen atoms in total. The first-order chi connectivity index (χ1) is 8.21. The van der Waals surface area contributed by atoms with Gasteiger partial charge in [0.15, 0.2) is 11.6 Å². The zero-order valence-electron chi connectivity index (χ0n) is 8.82. The minimum Gasteiger partial charge on any atom is -0.489 e. The average Bonchev–Trinajstić information content (AvgIpc) is 2.18. The summed E-state index contributed by atoms with van der Waals surface area (Å²) in [5.41, 5.74) is 4.83. The molecule has 0 aromatic heterocycles. The molecule has 0 unspecified atom stereocenters. The molecule has 1 aromatic rings. The Hall–Kier alpha value is -1.41. The SMILES string of the molecule is NC(=O)CCOc1c(F)cc(F)cc1S(=O)(=O)Cl. The third-order valence-corrected chi connectivity index (χ3v) is 3.16. The lowest BCUT2D eigenvalue weighted by Crippen LogP contribution is -2.15. The molecule has 0 heterocycles. The summed E-state index contributed by atoms with van der Waals surface area (Å²) in [5.74, 6) is -3.81. The highest BCUT2D eigenvalue weighted by Gasteiger charge is 2.22. The van der Waals surface area contributed by atoms with Crippen molar-refractivity contribution in [3.05, 3.63) is 23.8 Å². The van der Waals surface area contributed by atoms with Crippen molar-refractivity contribution in [3.63, 3.8) is 0 Å². The first-order valence-corrected chi connectivity index (χ1v) is 6.87. The Morgan fingerprint density at radius 1 is 1.39 bits per heavy atom. The van der Waals surface area contributed by atoms with Gasteiger partial charge in [-0.3, -0.25) is 4.79 Å². The number of ether oxygens (including phenoxy) is 1. The molecule has 1 rings (SSSR count). The summed E-state index contributed by atoms with van der Waals surface area (Å²) in [6, 6.07) is 0.955. The van der Waals surface area contributed by atoms with Gasteiger partial charge in [-0.25, -0.2) is 17.2 Å². The number of carbonyl (C=O) groups is 1. The Morgan fingerprint density at radius 2 is 2.00 bits per heavy atom. The van der Waals surface area contributed by atoms with Gasteiger partial charge in [0.05, 0.1) is 13.0 Å². The molecular weight excluding hydrogens is 292 g/mol. The second-order valence-corrected chi connectivity index (χ2v) is 5.75. The zero-order chi connectivity index (χ0) is 13.9. The number of primary amides is 1. The van der Waals surface area contributed by atoms with Crippen molar-refractivity contribution in [3.8, 4) is 5.75 Å². The van der Waals surface area contributed by atoms with Crippen LogP contribution in [0.2, 0.25) is 0 Å². The number of carbonyl (C=O) groups excluding carboxylic acids is 1. The van der Waals surface area contributed by atoms with E-state index in [4.69, 9.17) is 21.2 Å². The first kappa shape index (κ1) is 14.7. The summed E-state index contributed by atoms with van der Waals surface area (Å²) in [5, 5.41) is 0. The van der Waals surface area contributed by atoms with Crippen LogP contribution in [0, 0.1) is 11.6 Å². The number of benzene rings is 1. The van der Waals surface area contributed by atoms with Gasteiger partial charge in [-0.2, -0.15) is 0 Å². The maximum Gasteiger partial charge on any atom is 0.265 e. The van der Waals surface area contributed by atoms with Crippen LogP contribution in [0.3, 0.4) is 0 Å². The lowest BCUT2D eigenvalue weighted by Gasteiger charge is -2.10. The van der Waals surface area contributed by atoms with Crippen molar-refractivity contribution >= 4 is 25.6 Å². The molecule has 0 saturated heterocycles. The summed E-state index contributed by atoms with van der Waals surface area (Å²) in [7, 11) is 0.638. The molecule has 0 saturated carbocycles. The van der Waals surface area contributed by atoms with E-state index >= 15 is 0 Å². The van der Waals surface area contributed by atoms with Crippen LogP contribution >= 0.6 is 10.7 Å². The fourth-order valence-corrected chi connectivity index (χ4v) is 2.09. The van der Waals surface area contributed by atoms with Crippen LogP contribution in [0.5, 0.6) is 5.75 Å². The van der Waals surface area contributed by atoms with E-state index in [1.165, 1.54) is 0 Å². The normalized spacial score (nSPS) is 11.3. The number of amides is 1. The highest BCUT2D eigenvalue weighted by molar-refractivity contribution is 8.13. The molecule has 0 aliphatic carbocycles. The average molecular weight is 300 g/mol. The predicted molar refractivity (Wildman–Crippen MR) is 58.7 cm³/mol. The number of hydrogen-bond acceptors (Lipinski definition) is 4. The van der Waals surface area contributed by atoms with Crippen LogP contribution in [-0.4, -0.2) is 20.9 Å². The van der Waals surface area contributed by atoms with Crippen molar-refractivity contribution in [2.45, 2.75) is 11.3 Å². The third kappa shape index (κ3) is 3.81. The maximum absolute atomic E-state index is 13.4. The van der Waals surface area contributed by atoms with E-state index in [-0.39, 0.29) is 13.0 Å².